The van der Waals surface area contributed by atoms with E-state index in [9.17, 15) is 23.1 Å². The Morgan fingerprint density at radius 3 is 2.40 bits per heavy atom. The molecule has 0 spiro atoms. The predicted octanol–water partition coefficient (Wildman–Crippen LogP) is 3.06. The van der Waals surface area contributed by atoms with Crippen molar-refractivity contribution in [3.05, 3.63) is 59.7 Å². The van der Waals surface area contributed by atoms with E-state index in [1.165, 1.54) is 28.6 Å². The number of rotatable bonds is 7. The van der Waals surface area contributed by atoms with Gasteiger partial charge in [-0.15, -0.1) is 0 Å². The van der Waals surface area contributed by atoms with Crippen LogP contribution < -0.4 is 9.62 Å². The average molecular weight is 431 g/mol. The normalized spacial score (nSPS) is 14.8. The zero-order chi connectivity index (χ0) is 21.9. The van der Waals surface area contributed by atoms with Crippen LogP contribution in [0.15, 0.2) is 53.4 Å². The first-order chi connectivity index (χ1) is 14.2. The first-order valence-corrected chi connectivity index (χ1v) is 11.4. The summed E-state index contributed by atoms with van der Waals surface area (Å²) in [6, 6.07) is 12.0. The third-order valence-corrected chi connectivity index (χ3v) is 6.91. The van der Waals surface area contributed by atoms with Gasteiger partial charge in [-0.2, -0.15) is 0 Å². The molecule has 1 amide bonds. The van der Waals surface area contributed by atoms with Crippen molar-refractivity contribution in [3.63, 3.8) is 0 Å². The molecule has 8 heteroatoms. The molecular formula is C22H26N2O5S. The molecule has 1 unspecified atom stereocenters. The molecule has 0 bridgehead atoms. The van der Waals surface area contributed by atoms with Gasteiger partial charge in [0.05, 0.1) is 10.6 Å². The summed E-state index contributed by atoms with van der Waals surface area (Å²) in [6.07, 6.45) is 1.88. The lowest BCUT2D eigenvalue weighted by Crippen LogP contribution is -2.41. The molecule has 0 aromatic heterocycles. The largest absolute Gasteiger partial charge is 0.480 e. The molecule has 1 aliphatic rings. The van der Waals surface area contributed by atoms with E-state index >= 15 is 0 Å². The number of aryl methyl sites for hydroxylation is 1. The van der Waals surface area contributed by atoms with Crippen LogP contribution in [0.1, 0.15) is 42.6 Å². The number of carboxylic acids is 1. The number of hydrogen-bond acceptors (Lipinski definition) is 4. The molecule has 2 aromatic carbocycles. The number of carbonyl (C=O) groups is 2. The number of nitrogens with one attached hydrogen (secondary N) is 1. The maximum atomic E-state index is 13.2. The first kappa shape index (κ1) is 21.8. The number of fused-ring (bicyclic) bond motifs is 1. The quantitative estimate of drug-likeness (QED) is 0.703. The zero-order valence-electron chi connectivity index (χ0n) is 17.0. The van der Waals surface area contributed by atoms with E-state index in [4.69, 9.17) is 0 Å². The van der Waals surface area contributed by atoms with Crippen LogP contribution >= 0.6 is 0 Å². The number of carboxylic acid groups (broad SMARTS) is 1. The molecule has 7 nitrogen and oxygen atoms in total. The monoisotopic (exact) mass is 430 g/mol. The van der Waals surface area contributed by atoms with Gasteiger partial charge in [-0.1, -0.05) is 32.0 Å². The van der Waals surface area contributed by atoms with Gasteiger partial charge in [0.25, 0.3) is 15.9 Å². The van der Waals surface area contributed by atoms with E-state index in [2.05, 4.69) is 5.32 Å². The summed E-state index contributed by atoms with van der Waals surface area (Å²) in [5.41, 5.74) is 1.89. The number of sulfonamides is 1. The Balaban J connectivity index is 1.80. The fourth-order valence-corrected chi connectivity index (χ4v) is 5.13. The van der Waals surface area contributed by atoms with Crippen molar-refractivity contribution in [2.24, 2.45) is 5.92 Å². The lowest BCUT2D eigenvalue weighted by Gasteiger charge is -2.30. The number of anilines is 1. The number of hydrogen-bond donors (Lipinski definition) is 2. The van der Waals surface area contributed by atoms with Crippen LogP contribution in [0, 0.1) is 5.92 Å². The van der Waals surface area contributed by atoms with Crippen LogP contribution in [0.3, 0.4) is 0 Å². The zero-order valence-corrected chi connectivity index (χ0v) is 17.9. The van der Waals surface area contributed by atoms with Crippen LogP contribution in [-0.2, 0) is 21.2 Å². The molecule has 3 rings (SSSR count). The summed E-state index contributed by atoms with van der Waals surface area (Å²) >= 11 is 0. The van der Waals surface area contributed by atoms with Gasteiger partial charge in [-0.05, 0) is 61.1 Å². The SMILES string of the molecule is CC(C)CC(NC(=O)c1ccc(S(=O)(=O)N2CCCc3ccccc32)cc1)C(=O)O. The number of benzene rings is 2. The minimum absolute atomic E-state index is 0.0905. The molecule has 30 heavy (non-hydrogen) atoms. The number of carbonyl (C=O) groups excluding carboxylic acids is 1. The molecule has 0 saturated heterocycles. The highest BCUT2D eigenvalue weighted by atomic mass is 32.2. The van der Waals surface area contributed by atoms with Crippen molar-refractivity contribution >= 4 is 27.6 Å². The Morgan fingerprint density at radius 2 is 1.77 bits per heavy atom. The molecule has 1 heterocycles. The lowest BCUT2D eigenvalue weighted by molar-refractivity contribution is -0.139. The molecule has 2 N–H and O–H groups in total. The fourth-order valence-electron chi connectivity index (χ4n) is 3.59. The first-order valence-electron chi connectivity index (χ1n) is 9.94. The van der Waals surface area contributed by atoms with E-state index in [-0.39, 0.29) is 16.4 Å². The molecule has 1 atom stereocenters. The van der Waals surface area contributed by atoms with Crippen LogP contribution in [0.5, 0.6) is 0 Å². The second-order valence-corrected chi connectivity index (χ2v) is 9.69. The lowest BCUT2D eigenvalue weighted by atomic mass is 10.0. The topological polar surface area (TPSA) is 104 Å². The minimum Gasteiger partial charge on any atom is -0.480 e. The minimum atomic E-state index is -3.76. The Bertz CT molecular complexity index is 1030. The van der Waals surface area contributed by atoms with Gasteiger partial charge in [0.1, 0.15) is 6.04 Å². The maximum absolute atomic E-state index is 13.2. The van der Waals surface area contributed by atoms with Crippen molar-refractivity contribution in [2.75, 3.05) is 10.8 Å². The van der Waals surface area contributed by atoms with Crippen molar-refractivity contribution < 1.29 is 23.1 Å². The Morgan fingerprint density at radius 1 is 1.10 bits per heavy atom. The second-order valence-electron chi connectivity index (χ2n) is 7.83. The van der Waals surface area contributed by atoms with Gasteiger partial charge in [-0.25, -0.2) is 13.2 Å². The van der Waals surface area contributed by atoms with Crippen molar-refractivity contribution in [2.45, 2.75) is 44.0 Å². The van der Waals surface area contributed by atoms with Crippen LogP contribution in [-0.4, -0.2) is 38.0 Å². The molecule has 0 radical (unpaired) electrons. The Labute approximate surface area is 176 Å². The number of para-hydroxylation sites is 1. The summed E-state index contributed by atoms with van der Waals surface area (Å²) in [4.78, 5) is 23.9. The van der Waals surface area contributed by atoms with E-state index in [0.717, 1.165) is 18.4 Å². The fraction of sp³-hybridized carbons (Fsp3) is 0.364. The highest BCUT2D eigenvalue weighted by Gasteiger charge is 2.29. The predicted molar refractivity (Wildman–Crippen MR) is 114 cm³/mol. The summed E-state index contributed by atoms with van der Waals surface area (Å²) < 4.78 is 27.7. The van der Waals surface area contributed by atoms with Gasteiger partial charge in [0.15, 0.2) is 0 Å². The number of aliphatic carboxylic acids is 1. The Hall–Kier alpha value is -2.87. The van der Waals surface area contributed by atoms with Gasteiger partial charge in [0.2, 0.25) is 0 Å². The highest BCUT2D eigenvalue weighted by Crippen LogP contribution is 2.31. The van der Waals surface area contributed by atoms with Crippen molar-refractivity contribution in [3.8, 4) is 0 Å². The highest BCUT2D eigenvalue weighted by molar-refractivity contribution is 7.92. The smallest absolute Gasteiger partial charge is 0.326 e. The van der Waals surface area contributed by atoms with Gasteiger partial charge in [-0.3, -0.25) is 9.10 Å². The van der Waals surface area contributed by atoms with Gasteiger partial charge in [0, 0.05) is 12.1 Å². The molecular weight excluding hydrogens is 404 g/mol. The van der Waals surface area contributed by atoms with Crippen molar-refractivity contribution in [1.29, 1.82) is 0 Å². The molecule has 0 saturated carbocycles. The van der Waals surface area contributed by atoms with Gasteiger partial charge >= 0.3 is 5.97 Å². The number of amides is 1. The number of nitrogens with zero attached hydrogens (tertiary/aromatic N) is 1. The summed E-state index contributed by atoms with van der Waals surface area (Å²) in [7, 11) is -3.76. The van der Waals surface area contributed by atoms with E-state index in [0.29, 0.717) is 18.7 Å². The second kappa shape index (κ2) is 8.87. The summed E-state index contributed by atoms with van der Waals surface area (Å²) in [5.74, 6) is -1.54. The summed E-state index contributed by atoms with van der Waals surface area (Å²) in [6.45, 7) is 4.15. The van der Waals surface area contributed by atoms with E-state index < -0.39 is 27.9 Å². The third kappa shape index (κ3) is 4.64. The van der Waals surface area contributed by atoms with E-state index in [1.807, 2.05) is 32.0 Å². The molecule has 160 valence electrons. The van der Waals surface area contributed by atoms with Crippen LogP contribution in [0.2, 0.25) is 0 Å². The van der Waals surface area contributed by atoms with Crippen LogP contribution in [0.4, 0.5) is 5.69 Å². The summed E-state index contributed by atoms with van der Waals surface area (Å²) in [5, 5.41) is 11.8. The molecule has 0 aliphatic carbocycles. The van der Waals surface area contributed by atoms with E-state index in [1.54, 1.807) is 6.07 Å². The molecule has 0 fully saturated rings. The molecule has 1 aliphatic heterocycles. The Kier molecular flexibility index (Phi) is 6.45. The maximum Gasteiger partial charge on any atom is 0.326 e. The van der Waals surface area contributed by atoms with Crippen LogP contribution in [0.25, 0.3) is 0 Å². The van der Waals surface area contributed by atoms with Crippen molar-refractivity contribution in [1.82, 2.24) is 5.32 Å². The third-order valence-electron chi connectivity index (χ3n) is 5.08. The van der Waals surface area contributed by atoms with Gasteiger partial charge < -0.3 is 10.4 Å². The average Bonchev–Trinajstić information content (AvgIpc) is 2.72. The standard InChI is InChI=1S/C22H26N2O5S/c1-15(2)14-19(22(26)27)23-21(25)17-9-11-18(12-10-17)30(28,29)24-13-5-7-16-6-3-4-8-20(16)24/h3-4,6,8-12,15,19H,5,7,13-14H2,1-2H3,(H,23,25)(H,26,27). The molecule has 2 aromatic rings.